The van der Waals surface area contributed by atoms with E-state index in [1.165, 1.54) is 0 Å². The maximum absolute atomic E-state index is 11.2. The minimum absolute atomic E-state index is 0.313. The van der Waals surface area contributed by atoms with Gasteiger partial charge in [-0.2, -0.15) is 0 Å². The molecule has 0 aliphatic carbocycles. The van der Waals surface area contributed by atoms with Gasteiger partial charge in [0, 0.05) is 19.1 Å². The number of rotatable bonds is 9. The average Bonchev–Trinajstić information content (AvgIpc) is 2.27. The summed E-state index contributed by atoms with van der Waals surface area (Å²) in [6.45, 7) is 10.5. The number of nitrogens with two attached hydrogens (primary N) is 1. The van der Waals surface area contributed by atoms with Gasteiger partial charge in [0.25, 0.3) is 0 Å². The third-order valence-corrected chi connectivity index (χ3v) is 2.83. The van der Waals surface area contributed by atoms with Gasteiger partial charge >= 0.3 is 5.97 Å². The van der Waals surface area contributed by atoms with Crippen LogP contribution in [-0.4, -0.2) is 30.0 Å². The zero-order valence-corrected chi connectivity index (χ0v) is 11.5. The van der Waals surface area contributed by atoms with Gasteiger partial charge in [0.2, 0.25) is 0 Å². The monoisotopic (exact) mass is 245 g/mol. The van der Waals surface area contributed by atoms with Crippen molar-refractivity contribution in [2.75, 3.05) is 13.1 Å². The minimum Gasteiger partial charge on any atom is -0.356 e. The van der Waals surface area contributed by atoms with Gasteiger partial charge in [-0.25, -0.2) is 5.84 Å². The molecule has 5 heteroatoms. The molecular formula is C12H27N3O2. The first-order valence-electron chi connectivity index (χ1n) is 6.44. The van der Waals surface area contributed by atoms with E-state index in [4.69, 9.17) is 5.84 Å². The number of hydrazine groups is 1. The molecular weight excluding hydrogens is 218 g/mol. The number of carbonyl (C=O) groups excluding carboxylic acids is 1. The highest BCUT2D eigenvalue weighted by Crippen LogP contribution is 2.12. The van der Waals surface area contributed by atoms with Crippen molar-refractivity contribution in [2.24, 2.45) is 11.8 Å². The van der Waals surface area contributed by atoms with Gasteiger partial charge in [0.05, 0.1) is 6.42 Å². The van der Waals surface area contributed by atoms with Gasteiger partial charge in [-0.15, -0.1) is 0 Å². The van der Waals surface area contributed by atoms with Crippen molar-refractivity contribution in [3.05, 3.63) is 0 Å². The smallest absolute Gasteiger partial charge is 0.327 e. The van der Waals surface area contributed by atoms with Crippen LogP contribution in [0, 0.1) is 5.92 Å². The predicted octanol–water partition coefficient (Wildman–Crippen LogP) is 1.44. The number of nitrogens with one attached hydrogen (secondary N) is 1. The SMILES string of the molecule is CCC(CC)N(CCC(=O)ONN)CC(C)C. The maximum atomic E-state index is 11.2. The Kier molecular flexibility index (Phi) is 9.03. The van der Waals surface area contributed by atoms with E-state index in [9.17, 15) is 4.79 Å². The molecule has 0 spiro atoms. The van der Waals surface area contributed by atoms with E-state index in [0.717, 1.165) is 25.9 Å². The van der Waals surface area contributed by atoms with Crippen molar-refractivity contribution in [1.82, 2.24) is 10.5 Å². The van der Waals surface area contributed by atoms with Gasteiger partial charge in [-0.1, -0.05) is 33.3 Å². The second-order valence-corrected chi connectivity index (χ2v) is 4.70. The van der Waals surface area contributed by atoms with Crippen molar-refractivity contribution in [3.63, 3.8) is 0 Å². The molecule has 0 aliphatic heterocycles. The van der Waals surface area contributed by atoms with Crippen LogP contribution in [0.25, 0.3) is 0 Å². The zero-order valence-electron chi connectivity index (χ0n) is 11.5. The second-order valence-electron chi connectivity index (χ2n) is 4.70. The fraction of sp³-hybridized carbons (Fsp3) is 0.917. The Labute approximate surface area is 105 Å². The van der Waals surface area contributed by atoms with E-state index < -0.39 is 0 Å². The maximum Gasteiger partial charge on any atom is 0.327 e. The van der Waals surface area contributed by atoms with Crippen molar-refractivity contribution >= 4 is 5.97 Å². The molecule has 0 rings (SSSR count). The Morgan fingerprint density at radius 3 is 2.35 bits per heavy atom. The summed E-state index contributed by atoms with van der Waals surface area (Å²) < 4.78 is 0. The molecule has 0 unspecified atom stereocenters. The molecule has 0 fully saturated rings. The minimum atomic E-state index is -0.313. The summed E-state index contributed by atoms with van der Waals surface area (Å²) >= 11 is 0. The molecule has 0 bridgehead atoms. The van der Waals surface area contributed by atoms with Gasteiger partial charge in [0.15, 0.2) is 0 Å². The third kappa shape index (κ3) is 7.31. The van der Waals surface area contributed by atoms with Crippen LogP contribution in [0.2, 0.25) is 0 Å². The molecule has 0 aromatic carbocycles. The Morgan fingerprint density at radius 1 is 1.35 bits per heavy atom. The number of hydrogen-bond acceptors (Lipinski definition) is 5. The van der Waals surface area contributed by atoms with Crippen molar-refractivity contribution in [2.45, 2.75) is 53.0 Å². The Bertz CT molecular complexity index is 206. The Morgan fingerprint density at radius 2 is 1.94 bits per heavy atom. The molecule has 17 heavy (non-hydrogen) atoms. The van der Waals surface area contributed by atoms with Crippen LogP contribution in [0.5, 0.6) is 0 Å². The molecule has 0 saturated carbocycles. The molecule has 0 saturated heterocycles. The summed E-state index contributed by atoms with van der Waals surface area (Å²) in [6.07, 6.45) is 2.58. The van der Waals surface area contributed by atoms with Crippen LogP contribution < -0.4 is 11.4 Å². The molecule has 0 aliphatic rings. The van der Waals surface area contributed by atoms with Crippen LogP contribution >= 0.6 is 0 Å². The molecule has 5 nitrogen and oxygen atoms in total. The van der Waals surface area contributed by atoms with E-state index in [1.54, 1.807) is 0 Å². The third-order valence-electron chi connectivity index (χ3n) is 2.83. The topological polar surface area (TPSA) is 67.6 Å². The first-order chi connectivity index (χ1) is 8.04. The normalized spacial score (nSPS) is 11.5. The van der Waals surface area contributed by atoms with E-state index in [-0.39, 0.29) is 5.97 Å². The number of hydrogen-bond donors (Lipinski definition) is 2. The first-order valence-corrected chi connectivity index (χ1v) is 6.44. The molecule has 0 aromatic rings. The summed E-state index contributed by atoms with van der Waals surface area (Å²) in [5.41, 5.74) is 1.92. The summed E-state index contributed by atoms with van der Waals surface area (Å²) in [5, 5.41) is 0. The summed E-state index contributed by atoms with van der Waals surface area (Å²) in [7, 11) is 0. The van der Waals surface area contributed by atoms with Crippen molar-refractivity contribution in [3.8, 4) is 0 Å². The molecule has 0 radical (unpaired) electrons. The molecule has 102 valence electrons. The largest absolute Gasteiger partial charge is 0.356 e. The fourth-order valence-electron chi connectivity index (χ4n) is 2.05. The standard InChI is InChI=1S/C12H27N3O2/c1-5-11(6-2)15(9-10(3)4)8-7-12(16)17-14-13/h10-11,14H,5-9,13H2,1-4H3. The average molecular weight is 245 g/mol. The zero-order chi connectivity index (χ0) is 13.3. The van der Waals surface area contributed by atoms with Crippen molar-refractivity contribution < 1.29 is 9.63 Å². The lowest BCUT2D eigenvalue weighted by atomic mass is 10.1. The van der Waals surface area contributed by atoms with E-state index in [1.807, 2.05) is 5.59 Å². The molecule has 3 N–H and O–H groups in total. The Balaban J connectivity index is 4.22. The van der Waals surface area contributed by atoms with Crippen LogP contribution in [0.15, 0.2) is 0 Å². The lowest BCUT2D eigenvalue weighted by Crippen LogP contribution is -2.39. The lowest BCUT2D eigenvalue weighted by molar-refractivity contribution is -0.151. The van der Waals surface area contributed by atoms with Crippen LogP contribution in [0.3, 0.4) is 0 Å². The number of carbonyl (C=O) groups is 1. The summed E-state index contributed by atoms with van der Waals surface area (Å²) in [6, 6.07) is 0.538. The summed E-state index contributed by atoms with van der Waals surface area (Å²) in [5.74, 6) is 5.21. The first kappa shape index (κ1) is 16.4. The molecule has 0 atom stereocenters. The van der Waals surface area contributed by atoms with Crippen molar-refractivity contribution in [1.29, 1.82) is 0 Å². The van der Waals surface area contributed by atoms with Crippen LogP contribution in [0.4, 0.5) is 0 Å². The number of nitrogens with zero attached hydrogens (tertiary/aromatic N) is 1. The molecule has 0 amide bonds. The van der Waals surface area contributed by atoms with Gasteiger partial charge < -0.3 is 4.84 Å². The van der Waals surface area contributed by atoms with E-state index in [0.29, 0.717) is 18.4 Å². The van der Waals surface area contributed by atoms with Gasteiger partial charge in [0.1, 0.15) is 0 Å². The fourth-order valence-corrected chi connectivity index (χ4v) is 2.05. The van der Waals surface area contributed by atoms with E-state index in [2.05, 4.69) is 37.4 Å². The highest BCUT2D eigenvalue weighted by Gasteiger charge is 2.17. The van der Waals surface area contributed by atoms with Gasteiger partial charge in [-0.3, -0.25) is 9.69 Å². The summed E-state index contributed by atoms with van der Waals surface area (Å²) in [4.78, 5) is 18.1. The predicted molar refractivity (Wildman–Crippen MR) is 68.8 cm³/mol. The second kappa shape index (κ2) is 9.39. The Hall–Kier alpha value is -0.650. The van der Waals surface area contributed by atoms with Gasteiger partial charge in [-0.05, 0) is 18.8 Å². The highest BCUT2D eigenvalue weighted by molar-refractivity contribution is 5.69. The lowest BCUT2D eigenvalue weighted by Gasteiger charge is -2.31. The quantitative estimate of drug-likeness (QED) is 0.475. The molecule has 0 aromatic heterocycles. The van der Waals surface area contributed by atoms with Crippen LogP contribution in [-0.2, 0) is 9.63 Å². The van der Waals surface area contributed by atoms with E-state index >= 15 is 0 Å². The van der Waals surface area contributed by atoms with Crippen LogP contribution in [0.1, 0.15) is 47.0 Å². The highest BCUT2D eigenvalue weighted by atomic mass is 16.7. The molecule has 0 heterocycles.